The van der Waals surface area contributed by atoms with Gasteiger partial charge in [-0.15, -0.1) is 0 Å². The Kier molecular flexibility index (Phi) is 5.21. The van der Waals surface area contributed by atoms with Gasteiger partial charge in [0, 0.05) is 27.8 Å². The first-order chi connectivity index (χ1) is 9.08. The number of carbonyl (C=O) groups excluding carboxylic acids is 1. The van der Waals surface area contributed by atoms with Crippen LogP contribution in [0, 0.1) is 3.57 Å². The van der Waals surface area contributed by atoms with Crippen LogP contribution in [0.5, 0.6) is 0 Å². The zero-order valence-corrected chi connectivity index (χ0v) is 13.7. The zero-order valence-electron chi connectivity index (χ0n) is 11.5. The fourth-order valence-electron chi connectivity index (χ4n) is 2.44. The molecule has 1 fully saturated rings. The van der Waals surface area contributed by atoms with Gasteiger partial charge in [-0.05, 0) is 80.1 Å². The standard InChI is InChI=1S/C15H21IN2O/c1-11(2)18(10-14-4-3-9-17-14)15(19)12-5-7-13(16)8-6-12/h5-8,11,14,17H,3-4,9-10H2,1-2H3. The lowest BCUT2D eigenvalue weighted by Gasteiger charge is -2.29. The van der Waals surface area contributed by atoms with E-state index in [0.717, 1.165) is 22.2 Å². The minimum absolute atomic E-state index is 0.139. The molecule has 1 unspecified atom stereocenters. The lowest BCUT2D eigenvalue weighted by atomic mass is 10.1. The van der Waals surface area contributed by atoms with Crippen LogP contribution in [0.4, 0.5) is 0 Å². The van der Waals surface area contributed by atoms with Crippen LogP contribution in [0.1, 0.15) is 37.0 Å². The number of hydrogen-bond donors (Lipinski definition) is 1. The molecule has 1 aromatic rings. The number of rotatable bonds is 4. The van der Waals surface area contributed by atoms with Crippen molar-refractivity contribution >= 4 is 28.5 Å². The van der Waals surface area contributed by atoms with Crippen molar-refractivity contribution in [1.82, 2.24) is 10.2 Å². The van der Waals surface area contributed by atoms with Crippen LogP contribution in [0.15, 0.2) is 24.3 Å². The predicted molar refractivity (Wildman–Crippen MR) is 86.4 cm³/mol. The molecule has 3 nitrogen and oxygen atoms in total. The quantitative estimate of drug-likeness (QED) is 0.825. The zero-order chi connectivity index (χ0) is 13.8. The summed E-state index contributed by atoms with van der Waals surface area (Å²) in [7, 11) is 0. The van der Waals surface area contributed by atoms with Crippen LogP contribution >= 0.6 is 22.6 Å². The first-order valence-electron chi connectivity index (χ1n) is 6.88. The molecule has 1 aromatic carbocycles. The topological polar surface area (TPSA) is 32.3 Å². The third-order valence-corrected chi connectivity index (χ3v) is 4.27. The summed E-state index contributed by atoms with van der Waals surface area (Å²) in [6.07, 6.45) is 2.39. The number of carbonyl (C=O) groups is 1. The molecule has 0 radical (unpaired) electrons. The van der Waals surface area contributed by atoms with E-state index in [4.69, 9.17) is 0 Å². The summed E-state index contributed by atoms with van der Waals surface area (Å²) in [6, 6.07) is 8.49. The van der Waals surface area contributed by atoms with Gasteiger partial charge in [0.1, 0.15) is 0 Å². The Bertz CT molecular complexity index is 424. The minimum Gasteiger partial charge on any atom is -0.335 e. The molecular formula is C15H21IN2O. The van der Waals surface area contributed by atoms with Crippen LogP contribution < -0.4 is 5.32 Å². The summed E-state index contributed by atoms with van der Waals surface area (Å²) in [5.41, 5.74) is 0.784. The number of benzene rings is 1. The fraction of sp³-hybridized carbons (Fsp3) is 0.533. The number of hydrogen-bond acceptors (Lipinski definition) is 2. The van der Waals surface area contributed by atoms with E-state index in [1.54, 1.807) is 0 Å². The van der Waals surface area contributed by atoms with Gasteiger partial charge in [-0.1, -0.05) is 0 Å². The molecule has 1 saturated heterocycles. The smallest absolute Gasteiger partial charge is 0.254 e. The average Bonchev–Trinajstić information content (AvgIpc) is 2.88. The maximum absolute atomic E-state index is 12.6. The van der Waals surface area contributed by atoms with Crippen LogP contribution in [-0.2, 0) is 0 Å². The van der Waals surface area contributed by atoms with Crippen LogP contribution in [0.25, 0.3) is 0 Å². The van der Waals surface area contributed by atoms with E-state index in [0.29, 0.717) is 6.04 Å². The van der Waals surface area contributed by atoms with Gasteiger partial charge in [0.05, 0.1) is 0 Å². The summed E-state index contributed by atoms with van der Waals surface area (Å²) in [4.78, 5) is 14.6. The monoisotopic (exact) mass is 372 g/mol. The van der Waals surface area contributed by atoms with Gasteiger partial charge in [-0.2, -0.15) is 0 Å². The van der Waals surface area contributed by atoms with Crippen molar-refractivity contribution in [2.75, 3.05) is 13.1 Å². The number of halogens is 1. The second-order valence-corrected chi connectivity index (χ2v) is 6.60. The third kappa shape index (κ3) is 3.92. The maximum Gasteiger partial charge on any atom is 0.254 e. The molecule has 1 N–H and O–H groups in total. The van der Waals surface area contributed by atoms with Gasteiger partial charge >= 0.3 is 0 Å². The summed E-state index contributed by atoms with van der Waals surface area (Å²) >= 11 is 2.26. The highest BCUT2D eigenvalue weighted by molar-refractivity contribution is 14.1. The highest BCUT2D eigenvalue weighted by atomic mass is 127. The second-order valence-electron chi connectivity index (χ2n) is 5.35. The molecule has 0 aromatic heterocycles. The van der Waals surface area contributed by atoms with Crippen molar-refractivity contribution in [2.24, 2.45) is 0 Å². The lowest BCUT2D eigenvalue weighted by molar-refractivity contribution is 0.0689. The van der Waals surface area contributed by atoms with E-state index in [2.05, 4.69) is 41.8 Å². The van der Waals surface area contributed by atoms with E-state index in [1.807, 2.05) is 29.2 Å². The van der Waals surface area contributed by atoms with Crippen molar-refractivity contribution in [1.29, 1.82) is 0 Å². The van der Waals surface area contributed by atoms with Crippen molar-refractivity contribution in [3.63, 3.8) is 0 Å². The maximum atomic E-state index is 12.6. The fourth-order valence-corrected chi connectivity index (χ4v) is 2.80. The molecule has 1 heterocycles. The summed E-state index contributed by atoms with van der Waals surface area (Å²) in [6.45, 7) is 6.05. The Balaban J connectivity index is 2.09. The Morgan fingerprint density at radius 2 is 2.11 bits per heavy atom. The second kappa shape index (κ2) is 6.70. The molecule has 19 heavy (non-hydrogen) atoms. The van der Waals surface area contributed by atoms with Crippen LogP contribution in [0.3, 0.4) is 0 Å². The molecule has 0 spiro atoms. The summed E-state index contributed by atoms with van der Waals surface area (Å²) < 4.78 is 1.16. The SMILES string of the molecule is CC(C)N(CC1CCCN1)C(=O)c1ccc(I)cc1. The Morgan fingerprint density at radius 1 is 1.42 bits per heavy atom. The lowest BCUT2D eigenvalue weighted by Crippen LogP contribution is -2.44. The van der Waals surface area contributed by atoms with E-state index in [9.17, 15) is 4.79 Å². The van der Waals surface area contributed by atoms with Crippen LogP contribution in [0.2, 0.25) is 0 Å². The molecule has 2 rings (SSSR count). The number of nitrogens with zero attached hydrogens (tertiary/aromatic N) is 1. The normalized spacial score (nSPS) is 18.8. The molecule has 1 amide bonds. The number of amides is 1. The molecule has 0 saturated carbocycles. The van der Waals surface area contributed by atoms with E-state index in [-0.39, 0.29) is 11.9 Å². The molecule has 4 heteroatoms. The molecular weight excluding hydrogens is 351 g/mol. The van der Waals surface area contributed by atoms with Crippen molar-refractivity contribution in [2.45, 2.75) is 38.8 Å². The Hall–Kier alpha value is -0.620. The Morgan fingerprint density at radius 3 is 2.63 bits per heavy atom. The van der Waals surface area contributed by atoms with Gasteiger partial charge in [0.2, 0.25) is 0 Å². The molecule has 0 bridgehead atoms. The Labute approximate surface area is 128 Å². The highest BCUT2D eigenvalue weighted by Crippen LogP contribution is 2.14. The summed E-state index contributed by atoms with van der Waals surface area (Å²) in [5.74, 6) is 0.139. The predicted octanol–water partition coefficient (Wildman–Crippen LogP) is 2.89. The average molecular weight is 372 g/mol. The third-order valence-electron chi connectivity index (χ3n) is 3.55. The number of nitrogens with one attached hydrogen (secondary N) is 1. The highest BCUT2D eigenvalue weighted by Gasteiger charge is 2.24. The van der Waals surface area contributed by atoms with Gasteiger partial charge < -0.3 is 10.2 Å². The first-order valence-corrected chi connectivity index (χ1v) is 7.95. The van der Waals surface area contributed by atoms with Gasteiger partial charge in [0.15, 0.2) is 0 Å². The molecule has 0 aliphatic carbocycles. The van der Waals surface area contributed by atoms with Gasteiger partial charge in [-0.25, -0.2) is 0 Å². The largest absolute Gasteiger partial charge is 0.335 e. The molecule has 1 aliphatic rings. The molecule has 104 valence electrons. The van der Waals surface area contributed by atoms with Crippen molar-refractivity contribution < 1.29 is 4.79 Å². The van der Waals surface area contributed by atoms with Gasteiger partial charge in [0.25, 0.3) is 5.91 Å². The first kappa shape index (κ1) is 14.8. The van der Waals surface area contributed by atoms with E-state index in [1.165, 1.54) is 12.8 Å². The van der Waals surface area contributed by atoms with E-state index >= 15 is 0 Å². The van der Waals surface area contributed by atoms with E-state index < -0.39 is 0 Å². The minimum atomic E-state index is 0.139. The molecule has 1 aliphatic heterocycles. The molecule has 1 atom stereocenters. The van der Waals surface area contributed by atoms with Crippen LogP contribution in [-0.4, -0.2) is 36.0 Å². The van der Waals surface area contributed by atoms with Crippen molar-refractivity contribution in [3.05, 3.63) is 33.4 Å². The summed E-state index contributed by atoms with van der Waals surface area (Å²) in [5, 5.41) is 3.46. The van der Waals surface area contributed by atoms with Crippen molar-refractivity contribution in [3.8, 4) is 0 Å². The van der Waals surface area contributed by atoms with Gasteiger partial charge in [-0.3, -0.25) is 4.79 Å².